The molecule has 1 aromatic carbocycles. The van der Waals surface area contributed by atoms with Crippen molar-refractivity contribution in [3.05, 3.63) is 59.3 Å². The van der Waals surface area contributed by atoms with Gasteiger partial charge in [0.25, 0.3) is 6.43 Å². The van der Waals surface area contributed by atoms with E-state index in [2.05, 4.69) is 4.98 Å². The minimum atomic E-state index is -4.37. The maximum absolute atomic E-state index is 12.5. The zero-order valence-corrected chi connectivity index (χ0v) is 12.1. The van der Waals surface area contributed by atoms with Gasteiger partial charge in [0.05, 0.1) is 5.56 Å². The number of nitrogens with zero attached hydrogens (tertiary/aromatic N) is 1. The summed E-state index contributed by atoms with van der Waals surface area (Å²) in [6, 6.07) is 7.98. The Kier molecular flexibility index (Phi) is 5.18. The second-order valence-electron chi connectivity index (χ2n) is 4.97. The summed E-state index contributed by atoms with van der Waals surface area (Å²) >= 11 is 0. The van der Waals surface area contributed by atoms with Gasteiger partial charge in [0.1, 0.15) is 0 Å². The third-order valence-corrected chi connectivity index (χ3v) is 3.35. The lowest BCUT2D eigenvalue weighted by atomic mass is 9.94. The van der Waals surface area contributed by atoms with Crippen LogP contribution in [0, 0.1) is 0 Å². The molecule has 0 amide bonds. The summed E-state index contributed by atoms with van der Waals surface area (Å²) in [5.41, 5.74) is 0.734. The molecule has 7 heteroatoms. The Hall–Kier alpha value is -2.18. The molecule has 2 aromatic rings. The highest BCUT2D eigenvalue weighted by molar-refractivity contribution is 5.34. The summed E-state index contributed by atoms with van der Waals surface area (Å²) in [7, 11) is 0. The Morgan fingerprint density at radius 1 is 1.00 bits per heavy atom. The van der Waals surface area contributed by atoms with Crippen LogP contribution >= 0.6 is 0 Å². The van der Waals surface area contributed by atoms with Gasteiger partial charge in [-0.15, -0.1) is 0 Å². The van der Waals surface area contributed by atoms with Gasteiger partial charge in [0.2, 0.25) is 5.88 Å². The lowest BCUT2D eigenvalue weighted by Gasteiger charge is -2.14. The van der Waals surface area contributed by atoms with Crippen molar-refractivity contribution < 1.29 is 26.7 Å². The van der Waals surface area contributed by atoms with Crippen molar-refractivity contribution >= 4 is 0 Å². The Balaban J connectivity index is 2.09. The van der Waals surface area contributed by atoms with Gasteiger partial charge in [-0.25, -0.2) is 13.8 Å². The smallest absolute Gasteiger partial charge is 0.416 e. The molecular formula is C16H14F5NO. The van der Waals surface area contributed by atoms with Crippen molar-refractivity contribution in [2.24, 2.45) is 0 Å². The maximum Gasteiger partial charge on any atom is 0.416 e. The Morgan fingerprint density at radius 2 is 1.61 bits per heavy atom. The van der Waals surface area contributed by atoms with Gasteiger partial charge in [-0.2, -0.15) is 13.2 Å². The number of halogens is 5. The van der Waals surface area contributed by atoms with Gasteiger partial charge in [0, 0.05) is 18.2 Å². The van der Waals surface area contributed by atoms with Gasteiger partial charge >= 0.3 is 6.18 Å². The molecular weight excluding hydrogens is 317 g/mol. The molecule has 1 aromatic heterocycles. The minimum Gasteiger partial charge on any atom is -0.472 e. The fourth-order valence-electron chi connectivity index (χ4n) is 2.03. The molecule has 0 saturated heterocycles. The second-order valence-corrected chi connectivity index (χ2v) is 4.97. The highest BCUT2D eigenvalue weighted by Gasteiger charge is 2.30. The maximum atomic E-state index is 12.5. The zero-order chi connectivity index (χ0) is 17.0. The van der Waals surface area contributed by atoms with Crippen LogP contribution in [0.3, 0.4) is 0 Å². The molecule has 2 rings (SSSR count). The molecule has 0 spiro atoms. The molecule has 0 fully saturated rings. The molecule has 0 aliphatic carbocycles. The van der Waals surface area contributed by atoms with E-state index < -0.39 is 24.8 Å². The molecule has 0 saturated carbocycles. The van der Waals surface area contributed by atoms with Crippen LogP contribution in [0.25, 0.3) is 0 Å². The normalized spacial score (nSPS) is 13.2. The highest BCUT2D eigenvalue weighted by Crippen LogP contribution is 2.31. The van der Waals surface area contributed by atoms with Crippen LogP contribution in [0.15, 0.2) is 42.6 Å². The van der Waals surface area contributed by atoms with E-state index in [1.807, 2.05) is 6.92 Å². The number of rotatable bonds is 5. The third-order valence-electron chi connectivity index (χ3n) is 3.35. The first-order valence-electron chi connectivity index (χ1n) is 6.81. The first kappa shape index (κ1) is 17.2. The van der Waals surface area contributed by atoms with E-state index in [9.17, 15) is 22.0 Å². The molecule has 0 N–H and O–H groups in total. The van der Waals surface area contributed by atoms with Crippen LogP contribution in [0.2, 0.25) is 0 Å². The average Bonchev–Trinajstić information content (AvgIpc) is 2.52. The SMILES string of the molecule is CC(c1ccc(C(F)(F)F)cc1)c1ccc(OCC(F)F)nc1. The van der Waals surface area contributed by atoms with E-state index in [-0.39, 0.29) is 11.8 Å². The van der Waals surface area contributed by atoms with Gasteiger partial charge in [0.15, 0.2) is 6.61 Å². The molecule has 1 atom stereocenters. The monoisotopic (exact) mass is 331 g/mol. The summed E-state index contributed by atoms with van der Waals surface area (Å²) in [6.07, 6.45) is -5.49. The Morgan fingerprint density at radius 3 is 2.09 bits per heavy atom. The molecule has 23 heavy (non-hydrogen) atoms. The molecule has 0 radical (unpaired) electrons. The lowest BCUT2D eigenvalue weighted by molar-refractivity contribution is -0.137. The number of pyridine rings is 1. The molecule has 1 unspecified atom stereocenters. The fourth-order valence-corrected chi connectivity index (χ4v) is 2.03. The first-order valence-corrected chi connectivity index (χ1v) is 6.81. The van der Waals surface area contributed by atoms with E-state index in [1.54, 1.807) is 6.07 Å². The summed E-state index contributed by atoms with van der Waals surface area (Å²) in [4.78, 5) is 3.92. The minimum absolute atomic E-state index is 0.0775. The summed E-state index contributed by atoms with van der Waals surface area (Å²) in [5, 5.41) is 0. The van der Waals surface area contributed by atoms with E-state index in [0.29, 0.717) is 5.56 Å². The van der Waals surface area contributed by atoms with Crippen LogP contribution in [-0.4, -0.2) is 18.0 Å². The number of benzene rings is 1. The van der Waals surface area contributed by atoms with Crippen molar-refractivity contribution in [3.63, 3.8) is 0 Å². The standard InChI is InChI=1S/C16H14F5NO/c1-10(11-2-5-13(6-3-11)16(19,20)21)12-4-7-15(22-8-12)23-9-14(17)18/h2-8,10,14H,9H2,1H3. The van der Waals surface area contributed by atoms with Crippen LogP contribution < -0.4 is 4.74 Å². The average molecular weight is 331 g/mol. The molecule has 0 aliphatic rings. The van der Waals surface area contributed by atoms with Gasteiger partial charge in [-0.1, -0.05) is 25.1 Å². The van der Waals surface area contributed by atoms with Crippen molar-refractivity contribution in [1.82, 2.24) is 4.98 Å². The quantitative estimate of drug-likeness (QED) is 0.727. The zero-order valence-electron chi connectivity index (χ0n) is 12.1. The molecule has 0 aliphatic heterocycles. The molecule has 2 nitrogen and oxygen atoms in total. The second kappa shape index (κ2) is 6.93. The molecule has 0 bridgehead atoms. The van der Waals surface area contributed by atoms with Crippen LogP contribution in [0.5, 0.6) is 5.88 Å². The Bertz CT molecular complexity index is 622. The number of ether oxygens (including phenoxy) is 1. The van der Waals surface area contributed by atoms with Crippen molar-refractivity contribution in [1.29, 1.82) is 0 Å². The predicted molar refractivity (Wildman–Crippen MR) is 74.7 cm³/mol. The third kappa shape index (κ3) is 4.64. The van der Waals surface area contributed by atoms with Crippen LogP contribution in [0.1, 0.15) is 29.5 Å². The topological polar surface area (TPSA) is 22.1 Å². The summed E-state index contributed by atoms with van der Waals surface area (Å²) < 4.78 is 66.5. The highest BCUT2D eigenvalue weighted by atomic mass is 19.4. The van der Waals surface area contributed by atoms with Crippen molar-refractivity contribution in [2.45, 2.75) is 25.4 Å². The predicted octanol–water partition coefficient (Wildman–Crippen LogP) is 4.90. The van der Waals surface area contributed by atoms with Gasteiger partial charge in [-0.3, -0.25) is 0 Å². The molecule has 1 heterocycles. The molecule has 124 valence electrons. The number of aromatic nitrogens is 1. The largest absolute Gasteiger partial charge is 0.472 e. The number of hydrogen-bond acceptors (Lipinski definition) is 2. The fraction of sp³-hybridized carbons (Fsp3) is 0.312. The van der Waals surface area contributed by atoms with Gasteiger partial charge in [-0.05, 0) is 23.3 Å². The van der Waals surface area contributed by atoms with Crippen molar-refractivity contribution in [3.8, 4) is 5.88 Å². The van der Waals surface area contributed by atoms with E-state index >= 15 is 0 Å². The first-order chi connectivity index (χ1) is 10.8. The van der Waals surface area contributed by atoms with E-state index in [1.165, 1.54) is 24.4 Å². The van der Waals surface area contributed by atoms with E-state index in [4.69, 9.17) is 4.74 Å². The summed E-state index contributed by atoms with van der Waals surface area (Å²) in [5.74, 6) is -0.109. The Labute approximate surface area is 129 Å². The number of hydrogen-bond donors (Lipinski definition) is 0. The lowest BCUT2D eigenvalue weighted by Crippen LogP contribution is -2.08. The van der Waals surface area contributed by atoms with E-state index in [0.717, 1.165) is 17.7 Å². The van der Waals surface area contributed by atoms with Crippen LogP contribution in [-0.2, 0) is 6.18 Å². The number of alkyl halides is 5. The van der Waals surface area contributed by atoms with Crippen LogP contribution in [0.4, 0.5) is 22.0 Å². The van der Waals surface area contributed by atoms with Gasteiger partial charge < -0.3 is 4.74 Å². The van der Waals surface area contributed by atoms with Crippen molar-refractivity contribution in [2.75, 3.05) is 6.61 Å². The summed E-state index contributed by atoms with van der Waals surface area (Å²) in [6.45, 7) is 1.08.